The molecule has 0 saturated heterocycles. The molecule has 27 heavy (non-hydrogen) atoms. The van der Waals surface area contributed by atoms with E-state index in [0.29, 0.717) is 5.75 Å². The first-order valence-corrected chi connectivity index (χ1v) is 9.23. The standard InChI is InChI=1S/C19H14FNO5S/c20-15-8-4-5-9-18(15)27(24,25)21-16-12-13(19(22)23)10-11-17(16)26-14-6-2-1-3-7-14/h1-12,21H,(H,22,23). The van der Waals surface area contributed by atoms with Gasteiger partial charge >= 0.3 is 5.97 Å². The number of hydrogen-bond acceptors (Lipinski definition) is 4. The summed E-state index contributed by atoms with van der Waals surface area (Å²) < 4.78 is 46.9. The predicted molar refractivity (Wildman–Crippen MR) is 97.1 cm³/mol. The highest BCUT2D eigenvalue weighted by molar-refractivity contribution is 7.92. The zero-order valence-electron chi connectivity index (χ0n) is 13.8. The quantitative estimate of drug-likeness (QED) is 0.664. The first-order chi connectivity index (χ1) is 12.9. The zero-order valence-corrected chi connectivity index (χ0v) is 14.6. The minimum Gasteiger partial charge on any atom is -0.478 e. The number of ether oxygens (including phenoxy) is 1. The number of benzene rings is 3. The van der Waals surface area contributed by atoms with Crippen LogP contribution in [0.25, 0.3) is 0 Å². The van der Waals surface area contributed by atoms with E-state index in [9.17, 15) is 22.7 Å². The third-order valence-electron chi connectivity index (χ3n) is 3.57. The molecule has 0 aliphatic rings. The lowest BCUT2D eigenvalue weighted by Crippen LogP contribution is -2.15. The SMILES string of the molecule is O=C(O)c1ccc(Oc2ccccc2)c(NS(=O)(=O)c2ccccc2F)c1. The summed E-state index contributed by atoms with van der Waals surface area (Å²) in [6.07, 6.45) is 0. The molecule has 0 aliphatic heterocycles. The summed E-state index contributed by atoms with van der Waals surface area (Å²) in [6, 6.07) is 17.1. The van der Waals surface area contributed by atoms with Gasteiger partial charge in [0.1, 0.15) is 16.5 Å². The first-order valence-electron chi connectivity index (χ1n) is 7.74. The lowest BCUT2D eigenvalue weighted by Gasteiger charge is -2.14. The molecule has 0 aliphatic carbocycles. The average Bonchev–Trinajstić information content (AvgIpc) is 2.64. The molecule has 0 saturated carbocycles. The second kappa shape index (κ2) is 7.46. The van der Waals surface area contributed by atoms with Crippen LogP contribution < -0.4 is 9.46 Å². The smallest absolute Gasteiger partial charge is 0.335 e. The molecule has 3 rings (SSSR count). The molecular weight excluding hydrogens is 373 g/mol. The van der Waals surface area contributed by atoms with E-state index in [1.807, 2.05) is 0 Å². The summed E-state index contributed by atoms with van der Waals surface area (Å²) in [6.45, 7) is 0. The summed E-state index contributed by atoms with van der Waals surface area (Å²) in [4.78, 5) is 10.7. The number of carboxylic acid groups (broad SMARTS) is 1. The molecule has 0 aromatic heterocycles. The Labute approximate surface area is 154 Å². The van der Waals surface area contributed by atoms with Crippen molar-refractivity contribution < 1.29 is 27.4 Å². The number of carboxylic acids is 1. The minimum absolute atomic E-state index is 0.0751. The van der Waals surface area contributed by atoms with E-state index in [1.165, 1.54) is 24.3 Å². The number of nitrogens with one attached hydrogen (secondary N) is 1. The maximum atomic E-state index is 13.9. The summed E-state index contributed by atoms with van der Waals surface area (Å²) in [7, 11) is -4.30. The fourth-order valence-electron chi connectivity index (χ4n) is 2.31. The number of anilines is 1. The lowest BCUT2D eigenvalue weighted by atomic mass is 10.2. The van der Waals surface area contributed by atoms with Crippen LogP contribution in [0.2, 0.25) is 0 Å². The zero-order chi connectivity index (χ0) is 19.4. The molecule has 8 heteroatoms. The van der Waals surface area contributed by atoms with E-state index >= 15 is 0 Å². The largest absolute Gasteiger partial charge is 0.478 e. The van der Waals surface area contributed by atoms with Gasteiger partial charge in [-0.15, -0.1) is 0 Å². The van der Waals surface area contributed by atoms with Crippen LogP contribution in [0.15, 0.2) is 77.7 Å². The van der Waals surface area contributed by atoms with Crippen LogP contribution in [0.5, 0.6) is 11.5 Å². The Morgan fingerprint density at radius 3 is 2.30 bits per heavy atom. The van der Waals surface area contributed by atoms with Crippen LogP contribution in [0, 0.1) is 5.82 Å². The highest BCUT2D eigenvalue weighted by Gasteiger charge is 2.21. The molecule has 0 unspecified atom stereocenters. The summed E-state index contributed by atoms with van der Waals surface area (Å²) in [5.74, 6) is -1.67. The van der Waals surface area contributed by atoms with Crippen molar-refractivity contribution in [3.63, 3.8) is 0 Å². The summed E-state index contributed by atoms with van der Waals surface area (Å²) in [5.41, 5.74) is -0.274. The van der Waals surface area contributed by atoms with Crippen molar-refractivity contribution in [3.8, 4) is 11.5 Å². The van der Waals surface area contributed by atoms with Gasteiger partial charge in [0.15, 0.2) is 5.75 Å². The van der Waals surface area contributed by atoms with Crippen molar-refractivity contribution in [2.75, 3.05) is 4.72 Å². The number of sulfonamides is 1. The van der Waals surface area contributed by atoms with Crippen molar-refractivity contribution >= 4 is 21.7 Å². The van der Waals surface area contributed by atoms with Gasteiger partial charge in [-0.3, -0.25) is 4.72 Å². The number of rotatable bonds is 6. The first kappa shape index (κ1) is 18.4. The second-order valence-corrected chi connectivity index (χ2v) is 7.12. The Morgan fingerprint density at radius 1 is 0.963 bits per heavy atom. The predicted octanol–water partition coefficient (Wildman–Crippen LogP) is 4.12. The molecule has 0 radical (unpaired) electrons. The van der Waals surface area contributed by atoms with E-state index in [2.05, 4.69) is 4.72 Å². The minimum atomic E-state index is -4.30. The van der Waals surface area contributed by atoms with Gasteiger partial charge in [-0.25, -0.2) is 17.6 Å². The van der Waals surface area contributed by atoms with Gasteiger partial charge in [0.25, 0.3) is 10.0 Å². The van der Waals surface area contributed by atoms with Crippen LogP contribution in [0.1, 0.15) is 10.4 Å². The van der Waals surface area contributed by atoms with Crippen LogP contribution in [0.3, 0.4) is 0 Å². The Balaban J connectivity index is 2.03. The highest BCUT2D eigenvalue weighted by Crippen LogP contribution is 2.32. The molecule has 0 spiro atoms. The fraction of sp³-hybridized carbons (Fsp3) is 0. The molecule has 0 heterocycles. The van der Waals surface area contributed by atoms with Gasteiger partial charge in [0.2, 0.25) is 0 Å². The van der Waals surface area contributed by atoms with Crippen LogP contribution in [0.4, 0.5) is 10.1 Å². The molecule has 0 atom stereocenters. The Morgan fingerprint density at radius 2 is 1.63 bits per heavy atom. The molecule has 0 fully saturated rings. The molecular formula is C19H14FNO5S. The number of carbonyl (C=O) groups is 1. The van der Waals surface area contributed by atoms with Gasteiger partial charge in [0.05, 0.1) is 11.3 Å². The topological polar surface area (TPSA) is 92.7 Å². The van der Waals surface area contributed by atoms with Gasteiger partial charge < -0.3 is 9.84 Å². The Hall–Kier alpha value is -3.39. The van der Waals surface area contributed by atoms with E-state index in [1.54, 1.807) is 30.3 Å². The fourth-order valence-corrected chi connectivity index (χ4v) is 3.45. The number of para-hydroxylation sites is 1. The van der Waals surface area contributed by atoms with Gasteiger partial charge in [-0.05, 0) is 42.5 Å². The number of hydrogen-bond donors (Lipinski definition) is 2. The number of aromatic carboxylic acids is 1. The maximum absolute atomic E-state index is 13.9. The lowest BCUT2D eigenvalue weighted by molar-refractivity contribution is 0.0697. The van der Waals surface area contributed by atoms with Crippen LogP contribution >= 0.6 is 0 Å². The molecule has 3 aromatic rings. The van der Waals surface area contributed by atoms with Crippen molar-refractivity contribution in [2.45, 2.75) is 4.90 Å². The summed E-state index contributed by atoms with van der Waals surface area (Å²) >= 11 is 0. The van der Waals surface area contributed by atoms with E-state index in [0.717, 1.165) is 18.2 Å². The Bertz CT molecular complexity index is 1080. The van der Waals surface area contributed by atoms with Gasteiger partial charge in [-0.2, -0.15) is 0 Å². The highest BCUT2D eigenvalue weighted by atomic mass is 32.2. The molecule has 3 aromatic carbocycles. The molecule has 138 valence electrons. The van der Waals surface area contributed by atoms with E-state index in [4.69, 9.17) is 4.74 Å². The van der Waals surface area contributed by atoms with Crippen molar-refractivity contribution in [1.82, 2.24) is 0 Å². The molecule has 0 amide bonds. The van der Waals surface area contributed by atoms with E-state index < -0.39 is 26.7 Å². The van der Waals surface area contributed by atoms with E-state index in [-0.39, 0.29) is 17.0 Å². The van der Waals surface area contributed by atoms with Crippen LogP contribution in [-0.2, 0) is 10.0 Å². The maximum Gasteiger partial charge on any atom is 0.335 e. The van der Waals surface area contributed by atoms with Gasteiger partial charge in [-0.1, -0.05) is 30.3 Å². The third kappa shape index (κ3) is 4.24. The molecule has 2 N–H and O–H groups in total. The normalized spacial score (nSPS) is 11.0. The number of halogens is 1. The molecule has 0 bridgehead atoms. The van der Waals surface area contributed by atoms with Crippen molar-refractivity contribution in [3.05, 3.63) is 84.2 Å². The monoisotopic (exact) mass is 387 g/mol. The molecule has 6 nitrogen and oxygen atoms in total. The Kier molecular flexibility index (Phi) is 5.09. The van der Waals surface area contributed by atoms with Crippen LogP contribution in [-0.4, -0.2) is 19.5 Å². The van der Waals surface area contributed by atoms with Crippen molar-refractivity contribution in [2.24, 2.45) is 0 Å². The van der Waals surface area contributed by atoms with Gasteiger partial charge in [0, 0.05) is 0 Å². The third-order valence-corrected chi connectivity index (χ3v) is 4.97. The van der Waals surface area contributed by atoms with Crippen molar-refractivity contribution in [1.29, 1.82) is 0 Å². The summed E-state index contributed by atoms with van der Waals surface area (Å²) in [5, 5.41) is 9.17. The second-order valence-electron chi connectivity index (χ2n) is 5.47. The average molecular weight is 387 g/mol.